The summed E-state index contributed by atoms with van der Waals surface area (Å²) in [5, 5.41) is 8.66. The fraction of sp³-hybridized carbons (Fsp3) is 0.0625. The second-order valence-electron chi connectivity index (χ2n) is 8.84. The molecule has 5 aromatic carbocycles. The van der Waals surface area contributed by atoms with Gasteiger partial charge in [0, 0.05) is 16.3 Å². The molecule has 184 valence electrons. The maximum Gasteiger partial charge on any atom is 0.205 e. The molecule has 5 rings (SSSR count). The highest BCUT2D eigenvalue weighted by Gasteiger charge is 2.35. The maximum atomic E-state index is 15.0. The molecular formula is C32H28FN2OP. The fourth-order valence-corrected chi connectivity index (χ4v) is 6.99. The third-order valence-electron chi connectivity index (χ3n) is 6.38. The zero-order valence-corrected chi connectivity index (χ0v) is 21.1. The van der Waals surface area contributed by atoms with Crippen molar-refractivity contribution in [2.45, 2.75) is 12.1 Å². The Kier molecular flexibility index (Phi) is 7.60. The zero-order chi connectivity index (χ0) is 25.5. The summed E-state index contributed by atoms with van der Waals surface area (Å²) in [6.45, 7) is 0. The van der Waals surface area contributed by atoms with Crippen molar-refractivity contribution in [1.82, 2.24) is 5.09 Å². The Morgan fingerprint density at radius 1 is 0.514 bits per heavy atom. The van der Waals surface area contributed by atoms with Gasteiger partial charge in [0.2, 0.25) is 7.29 Å². The summed E-state index contributed by atoms with van der Waals surface area (Å²) in [6.07, 6.45) is 0. The number of nitrogens with one attached hydrogen (secondary N) is 2. The van der Waals surface area contributed by atoms with Crippen LogP contribution in [-0.2, 0) is 4.57 Å². The highest BCUT2D eigenvalue weighted by atomic mass is 31.2. The first-order valence-electron chi connectivity index (χ1n) is 12.2. The quantitative estimate of drug-likeness (QED) is 0.207. The van der Waals surface area contributed by atoms with Crippen LogP contribution in [0.5, 0.6) is 0 Å². The Morgan fingerprint density at radius 2 is 0.946 bits per heavy atom. The molecule has 2 atom stereocenters. The van der Waals surface area contributed by atoms with Crippen molar-refractivity contribution in [3.8, 4) is 0 Å². The Balaban J connectivity index is 1.67. The number of hydrogen-bond acceptors (Lipinski definition) is 2. The van der Waals surface area contributed by atoms with E-state index in [1.807, 2.05) is 109 Å². The van der Waals surface area contributed by atoms with Crippen LogP contribution in [0.3, 0.4) is 0 Å². The van der Waals surface area contributed by atoms with E-state index in [0.29, 0.717) is 10.6 Å². The van der Waals surface area contributed by atoms with Crippen LogP contribution in [0.2, 0.25) is 0 Å². The predicted octanol–water partition coefficient (Wildman–Crippen LogP) is 7.24. The monoisotopic (exact) mass is 506 g/mol. The van der Waals surface area contributed by atoms with E-state index in [2.05, 4.69) is 22.5 Å². The SMILES string of the molecule is O=P(NC(c1ccc(F)cc1)C(Nc1ccccc1)c1ccccc1)(c1ccccc1)c1ccccc1. The van der Waals surface area contributed by atoms with Crippen LogP contribution in [0.1, 0.15) is 23.2 Å². The van der Waals surface area contributed by atoms with Crippen molar-refractivity contribution in [1.29, 1.82) is 0 Å². The summed E-state index contributed by atoms with van der Waals surface area (Å²) < 4.78 is 29.0. The average Bonchev–Trinajstić information content (AvgIpc) is 2.97. The van der Waals surface area contributed by atoms with Crippen LogP contribution < -0.4 is 21.0 Å². The summed E-state index contributed by atoms with van der Waals surface area (Å²) in [7, 11) is -3.32. The van der Waals surface area contributed by atoms with E-state index in [9.17, 15) is 4.39 Å². The molecule has 0 aliphatic carbocycles. The summed E-state index contributed by atoms with van der Waals surface area (Å²) >= 11 is 0. The number of hydrogen-bond donors (Lipinski definition) is 2. The van der Waals surface area contributed by atoms with Crippen LogP contribution in [0.15, 0.2) is 146 Å². The molecule has 0 radical (unpaired) electrons. The molecule has 37 heavy (non-hydrogen) atoms. The van der Waals surface area contributed by atoms with Gasteiger partial charge < -0.3 is 5.32 Å². The molecular weight excluding hydrogens is 478 g/mol. The van der Waals surface area contributed by atoms with E-state index in [0.717, 1.165) is 16.8 Å². The lowest BCUT2D eigenvalue weighted by molar-refractivity contribution is 0.528. The minimum Gasteiger partial charge on any atom is -0.376 e. The highest BCUT2D eigenvalue weighted by Crippen LogP contribution is 2.45. The standard InChI is InChI=1S/C32H28FN2OP/c33-27-23-21-26(22-24-27)32(31(25-13-5-1-6-14-25)34-28-15-7-2-8-16-28)35-37(36,29-17-9-3-10-18-29)30-19-11-4-12-20-30/h1-24,31-32,34H,(H,35,36). The highest BCUT2D eigenvalue weighted by molar-refractivity contribution is 7.76. The van der Waals surface area contributed by atoms with Gasteiger partial charge in [-0.15, -0.1) is 0 Å². The number of rotatable bonds is 9. The molecule has 0 saturated heterocycles. The van der Waals surface area contributed by atoms with Gasteiger partial charge in [0.05, 0.1) is 12.1 Å². The first-order valence-corrected chi connectivity index (χ1v) is 14.0. The topological polar surface area (TPSA) is 41.1 Å². The van der Waals surface area contributed by atoms with E-state index in [1.165, 1.54) is 12.1 Å². The van der Waals surface area contributed by atoms with Crippen molar-refractivity contribution in [2.75, 3.05) is 5.32 Å². The van der Waals surface area contributed by atoms with Gasteiger partial charge in [-0.1, -0.05) is 97.1 Å². The van der Waals surface area contributed by atoms with Gasteiger partial charge in [-0.05, 0) is 59.7 Å². The normalized spacial score (nSPS) is 13.0. The second kappa shape index (κ2) is 11.4. The second-order valence-corrected chi connectivity index (χ2v) is 11.3. The van der Waals surface area contributed by atoms with Crippen molar-refractivity contribution in [3.05, 3.63) is 163 Å². The van der Waals surface area contributed by atoms with E-state index >= 15 is 4.57 Å². The number of anilines is 1. The number of halogens is 1. The van der Waals surface area contributed by atoms with Gasteiger partial charge in [0.25, 0.3) is 0 Å². The third-order valence-corrected chi connectivity index (χ3v) is 9.07. The van der Waals surface area contributed by atoms with Gasteiger partial charge in [0.1, 0.15) is 5.82 Å². The molecule has 2 unspecified atom stereocenters. The molecule has 0 aliphatic rings. The average molecular weight is 507 g/mol. The molecule has 5 aromatic rings. The Hall–Kier alpha value is -3.98. The molecule has 5 heteroatoms. The number of benzene rings is 5. The molecule has 0 saturated carbocycles. The Bertz CT molecular complexity index is 1400. The van der Waals surface area contributed by atoms with Crippen molar-refractivity contribution >= 4 is 23.6 Å². The van der Waals surface area contributed by atoms with E-state index in [-0.39, 0.29) is 11.9 Å². The minimum atomic E-state index is -3.32. The third kappa shape index (κ3) is 5.72. The molecule has 0 amide bonds. The van der Waals surface area contributed by atoms with Gasteiger partial charge >= 0.3 is 0 Å². The molecule has 3 nitrogen and oxygen atoms in total. The molecule has 0 aromatic heterocycles. The van der Waals surface area contributed by atoms with E-state index in [1.54, 1.807) is 12.1 Å². The van der Waals surface area contributed by atoms with Crippen LogP contribution in [-0.4, -0.2) is 0 Å². The van der Waals surface area contributed by atoms with E-state index < -0.39 is 13.3 Å². The van der Waals surface area contributed by atoms with Crippen LogP contribution >= 0.6 is 7.29 Å². The Labute approximate surface area is 217 Å². The maximum absolute atomic E-state index is 15.0. The molecule has 0 bridgehead atoms. The lowest BCUT2D eigenvalue weighted by Gasteiger charge is -2.34. The molecule has 0 aliphatic heterocycles. The van der Waals surface area contributed by atoms with Crippen LogP contribution in [0.4, 0.5) is 10.1 Å². The van der Waals surface area contributed by atoms with Crippen LogP contribution in [0.25, 0.3) is 0 Å². The number of para-hydroxylation sites is 1. The van der Waals surface area contributed by atoms with Crippen molar-refractivity contribution < 1.29 is 8.96 Å². The fourth-order valence-electron chi connectivity index (χ4n) is 4.51. The predicted molar refractivity (Wildman–Crippen MR) is 151 cm³/mol. The zero-order valence-electron chi connectivity index (χ0n) is 20.2. The van der Waals surface area contributed by atoms with Crippen LogP contribution in [0, 0.1) is 5.82 Å². The first-order chi connectivity index (χ1) is 18.1. The summed E-state index contributed by atoms with van der Waals surface area (Å²) in [5.74, 6) is -0.316. The molecule has 0 spiro atoms. The van der Waals surface area contributed by atoms with Gasteiger partial charge in [-0.3, -0.25) is 9.65 Å². The molecule has 0 heterocycles. The summed E-state index contributed by atoms with van der Waals surface area (Å²) in [4.78, 5) is 0. The van der Waals surface area contributed by atoms with Gasteiger partial charge in [-0.25, -0.2) is 4.39 Å². The first kappa shape index (κ1) is 24.7. The minimum absolute atomic E-state index is 0.310. The van der Waals surface area contributed by atoms with Crippen molar-refractivity contribution in [3.63, 3.8) is 0 Å². The summed E-state index contributed by atoms with van der Waals surface area (Å²) in [6, 6.07) is 44.6. The molecule has 2 N–H and O–H groups in total. The van der Waals surface area contributed by atoms with Crippen molar-refractivity contribution in [2.24, 2.45) is 0 Å². The van der Waals surface area contributed by atoms with E-state index in [4.69, 9.17) is 0 Å². The smallest absolute Gasteiger partial charge is 0.205 e. The molecule has 0 fully saturated rings. The Morgan fingerprint density at radius 3 is 1.46 bits per heavy atom. The largest absolute Gasteiger partial charge is 0.376 e. The summed E-state index contributed by atoms with van der Waals surface area (Å²) in [5.41, 5.74) is 2.77. The lowest BCUT2D eigenvalue weighted by atomic mass is 9.93. The van der Waals surface area contributed by atoms with Gasteiger partial charge in [-0.2, -0.15) is 0 Å². The lowest BCUT2D eigenvalue weighted by Crippen LogP contribution is -2.35. The van der Waals surface area contributed by atoms with Gasteiger partial charge in [0.15, 0.2) is 0 Å².